The number of likely N-dealkylation sites (tertiary alicyclic amines) is 1. The van der Waals surface area contributed by atoms with E-state index in [4.69, 9.17) is 14.2 Å². The molecule has 2 aliphatic rings. The van der Waals surface area contributed by atoms with Crippen molar-refractivity contribution in [3.63, 3.8) is 0 Å². The smallest absolute Gasteiger partial charge is 0.410 e. The first-order valence-electron chi connectivity index (χ1n) is 14.1. The summed E-state index contributed by atoms with van der Waals surface area (Å²) in [7, 11) is 0.769. The average molecular weight is 609 g/mol. The fourth-order valence-corrected chi connectivity index (χ4v) is 12.9. The zero-order chi connectivity index (χ0) is 29.6. The Balaban J connectivity index is 1.57. The Morgan fingerprint density at radius 1 is 1.02 bits per heavy atom. The molecule has 1 amide bonds. The Labute approximate surface area is 244 Å². The molecule has 4 unspecified atom stereocenters. The number of benzene rings is 2. The predicted molar refractivity (Wildman–Crippen MR) is 159 cm³/mol. The summed E-state index contributed by atoms with van der Waals surface area (Å²) in [6, 6.07) is 15.6. The van der Waals surface area contributed by atoms with Gasteiger partial charge in [0.25, 0.3) is 0 Å². The number of carbonyl (C=O) groups excluding carboxylic acids is 1. The average Bonchev–Trinajstić information content (AvgIpc) is 3.32. The molecule has 0 bridgehead atoms. The van der Waals surface area contributed by atoms with Crippen LogP contribution in [0, 0.1) is 5.82 Å². The van der Waals surface area contributed by atoms with Gasteiger partial charge >= 0.3 is 6.09 Å². The third-order valence-corrected chi connectivity index (χ3v) is 15.7. The number of amides is 1. The molecule has 0 aromatic heterocycles. The van der Waals surface area contributed by atoms with Crippen LogP contribution in [0.4, 0.5) is 9.18 Å². The highest BCUT2D eigenvalue weighted by Gasteiger charge is 2.51. The molecular weight excluding hydrogens is 566 g/mol. The summed E-state index contributed by atoms with van der Waals surface area (Å²) in [6.07, 6.45) is 3.72. The standard InChI is InChI=1S/C30H42FN2O6PS/c1-32(2)41(35,36)40(21-22-9-6-5-7-10-22)29-18-26(19-37-3)33(30(34)38-4)28(29)20-39-27-15-13-23(14-16-27)24-11-8-12-25(31)17-24/h5-12,17,23,26-29H,13-16,18-21H2,1-4H3. The van der Waals surface area contributed by atoms with Gasteiger partial charge in [-0.15, -0.1) is 0 Å². The molecular formula is C30H42FN2O6PS. The lowest BCUT2D eigenvalue weighted by atomic mass is 9.83. The van der Waals surface area contributed by atoms with Gasteiger partial charge in [-0.3, -0.25) is 4.90 Å². The number of halogens is 1. The summed E-state index contributed by atoms with van der Waals surface area (Å²) in [5.41, 5.74) is 1.62. The van der Waals surface area contributed by atoms with E-state index in [1.165, 1.54) is 17.5 Å². The van der Waals surface area contributed by atoms with E-state index in [2.05, 4.69) is 0 Å². The van der Waals surface area contributed by atoms with Crippen LogP contribution in [-0.4, -0.2) is 89.1 Å². The van der Waals surface area contributed by atoms with E-state index in [1.807, 2.05) is 36.4 Å². The number of ether oxygens (including phenoxy) is 3. The van der Waals surface area contributed by atoms with Crippen molar-refractivity contribution in [1.82, 2.24) is 9.21 Å². The molecule has 2 fully saturated rings. The third-order valence-electron chi connectivity index (χ3n) is 8.26. The zero-order valence-electron chi connectivity index (χ0n) is 24.3. The minimum Gasteiger partial charge on any atom is -0.453 e. The van der Waals surface area contributed by atoms with Crippen LogP contribution >= 0.6 is 7.12 Å². The van der Waals surface area contributed by atoms with Crippen LogP contribution in [0.1, 0.15) is 49.1 Å². The number of methoxy groups -OCH3 is 2. The summed E-state index contributed by atoms with van der Waals surface area (Å²) in [6.45, 7) is 0.489. The normalized spacial score (nSPS) is 25.8. The highest BCUT2D eigenvalue weighted by molar-refractivity contribution is 8.48. The topological polar surface area (TPSA) is 85.4 Å². The van der Waals surface area contributed by atoms with Crippen molar-refractivity contribution < 1.29 is 31.8 Å². The molecule has 4 rings (SSSR count). The maximum atomic E-state index is 13.8. The van der Waals surface area contributed by atoms with Gasteiger partial charge in [0.2, 0.25) is 9.64 Å². The van der Waals surface area contributed by atoms with E-state index in [0.717, 1.165) is 36.8 Å². The summed E-state index contributed by atoms with van der Waals surface area (Å²) in [5.74, 6) is 0.0627. The SMILES string of the molecule is COCC1CC(P(Cc2ccccc2)S(=O)(=O)N(C)C)C(COC2CCC(c3cccc(F)c3)CC2)N1C(=O)OC. The van der Waals surface area contributed by atoms with Crippen molar-refractivity contribution in [2.45, 2.75) is 68.0 Å². The molecule has 1 saturated heterocycles. The number of carbonyl (C=O) groups is 1. The van der Waals surface area contributed by atoms with Gasteiger partial charge in [-0.05, 0) is 61.3 Å². The fraction of sp³-hybridized carbons (Fsp3) is 0.567. The van der Waals surface area contributed by atoms with E-state index in [-0.39, 0.29) is 42.8 Å². The van der Waals surface area contributed by atoms with Gasteiger partial charge in [-0.25, -0.2) is 21.9 Å². The fourth-order valence-electron chi connectivity index (χ4n) is 6.14. The molecule has 4 atom stereocenters. The Morgan fingerprint density at radius 2 is 1.73 bits per heavy atom. The number of rotatable bonds is 11. The molecule has 2 aromatic carbocycles. The van der Waals surface area contributed by atoms with Crippen molar-refractivity contribution in [3.8, 4) is 0 Å². The van der Waals surface area contributed by atoms with Crippen LogP contribution < -0.4 is 0 Å². The molecule has 0 spiro atoms. The van der Waals surface area contributed by atoms with Crippen LogP contribution in [0.15, 0.2) is 54.6 Å². The minimum absolute atomic E-state index is 0.0211. The van der Waals surface area contributed by atoms with Crippen LogP contribution in [0.3, 0.4) is 0 Å². The Bertz CT molecular complexity index is 1240. The second-order valence-electron chi connectivity index (χ2n) is 11.0. The molecule has 1 saturated carbocycles. The monoisotopic (exact) mass is 608 g/mol. The Kier molecular flexibility index (Phi) is 11.2. The van der Waals surface area contributed by atoms with E-state index in [9.17, 15) is 17.6 Å². The summed E-state index contributed by atoms with van der Waals surface area (Å²) >= 11 is 0. The molecule has 11 heteroatoms. The minimum atomic E-state index is -3.64. The van der Waals surface area contributed by atoms with Crippen molar-refractivity contribution in [2.75, 3.05) is 41.5 Å². The van der Waals surface area contributed by atoms with Crippen LogP contribution in [-0.2, 0) is 30.0 Å². The molecule has 226 valence electrons. The van der Waals surface area contributed by atoms with Crippen LogP contribution in [0.5, 0.6) is 0 Å². The van der Waals surface area contributed by atoms with Gasteiger partial charge < -0.3 is 14.2 Å². The summed E-state index contributed by atoms with van der Waals surface area (Å²) < 4.78 is 59.8. The Morgan fingerprint density at radius 3 is 2.34 bits per heavy atom. The van der Waals surface area contributed by atoms with Crippen LogP contribution in [0.25, 0.3) is 0 Å². The lowest BCUT2D eigenvalue weighted by Gasteiger charge is -2.35. The third kappa shape index (κ3) is 7.65. The molecule has 8 nitrogen and oxygen atoms in total. The lowest BCUT2D eigenvalue weighted by molar-refractivity contribution is -0.0101. The predicted octanol–water partition coefficient (Wildman–Crippen LogP) is 5.58. The number of hydrogen-bond acceptors (Lipinski definition) is 6. The van der Waals surface area contributed by atoms with Crippen molar-refractivity contribution in [3.05, 3.63) is 71.5 Å². The van der Waals surface area contributed by atoms with E-state index >= 15 is 0 Å². The van der Waals surface area contributed by atoms with E-state index < -0.39 is 28.9 Å². The summed E-state index contributed by atoms with van der Waals surface area (Å²) in [4.78, 5) is 14.8. The van der Waals surface area contributed by atoms with E-state index in [1.54, 1.807) is 38.2 Å². The van der Waals surface area contributed by atoms with Gasteiger partial charge in [0.05, 0.1) is 38.5 Å². The molecule has 1 heterocycles. The molecule has 2 aromatic rings. The second kappa shape index (κ2) is 14.4. The number of nitrogens with zero attached hydrogens (tertiary/aromatic N) is 2. The highest BCUT2D eigenvalue weighted by Crippen LogP contribution is 2.57. The van der Waals surface area contributed by atoms with Gasteiger partial charge in [0.15, 0.2) is 0 Å². The lowest BCUT2D eigenvalue weighted by Crippen LogP contribution is -2.47. The van der Waals surface area contributed by atoms with Gasteiger partial charge in [0.1, 0.15) is 5.82 Å². The van der Waals surface area contributed by atoms with Crippen LogP contribution in [0.2, 0.25) is 0 Å². The Hall–Kier alpha value is -2.10. The maximum Gasteiger partial charge on any atom is 0.410 e. The quantitative estimate of drug-likeness (QED) is 0.310. The molecule has 1 aliphatic heterocycles. The van der Waals surface area contributed by atoms with Crippen molar-refractivity contribution in [1.29, 1.82) is 0 Å². The molecule has 0 N–H and O–H groups in total. The van der Waals surface area contributed by atoms with Crippen molar-refractivity contribution in [2.24, 2.45) is 0 Å². The van der Waals surface area contributed by atoms with Gasteiger partial charge in [-0.2, -0.15) is 0 Å². The van der Waals surface area contributed by atoms with Crippen molar-refractivity contribution >= 4 is 22.9 Å². The first-order valence-corrected chi connectivity index (χ1v) is 17.7. The van der Waals surface area contributed by atoms with Gasteiger partial charge in [0, 0.05) is 40.1 Å². The second-order valence-corrected chi connectivity index (χ2v) is 17.3. The number of hydrogen-bond donors (Lipinski definition) is 0. The summed E-state index contributed by atoms with van der Waals surface area (Å²) in [5, 5.41) is 0. The molecule has 0 radical (unpaired) electrons. The zero-order valence-corrected chi connectivity index (χ0v) is 26.0. The van der Waals surface area contributed by atoms with Gasteiger partial charge in [-0.1, -0.05) is 42.5 Å². The first kappa shape index (κ1) is 31.8. The largest absolute Gasteiger partial charge is 0.453 e. The maximum absolute atomic E-state index is 13.8. The molecule has 1 aliphatic carbocycles. The highest BCUT2D eigenvalue weighted by atomic mass is 32.8. The first-order chi connectivity index (χ1) is 19.6. The molecule has 41 heavy (non-hydrogen) atoms. The van der Waals surface area contributed by atoms with E-state index in [0.29, 0.717) is 12.6 Å².